The molecule has 6 heteroatoms. The zero-order valence-electron chi connectivity index (χ0n) is 8.60. The molecule has 1 aliphatic rings. The van der Waals surface area contributed by atoms with E-state index in [1.165, 1.54) is 11.1 Å². The van der Waals surface area contributed by atoms with Crippen LogP contribution in [0, 0.1) is 18.3 Å². The van der Waals surface area contributed by atoms with E-state index in [-0.39, 0.29) is 36.0 Å². The quantitative estimate of drug-likeness (QED) is 0.615. The Bertz CT molecular complexity index is 518. The smallest absolute Gasteiger partial charge is 0.236 e. The van der Waals surface area contributed by atoms with Crippen molar-refractivity contribution >= 4 is 17.5 Å². The Morgan fingerprint density at radius 3 is 2.81 bits per heavy atom. The molecule has 0 spiro atoms. The molecule has 0 unspecified atom stereocenters. The summed E-state index contributed by atoms with van der Waals surface area (Å²) in [7, 11) is 0. The fourth-order valence-electron chi connectivity index (χ4n) is 1.52. The number of hydrogen-bond donors (Lipinski definition) is 0. The highest BCUT2D eigenvalue weighted by Crippen LogP contribution is 2.20. The summed E-state index contributed by atoms with van der Waals surface area (Å²) in [5, 5.41) is 8.87. The maximum atomic E-state index is 11.5. The summed E-state index contributed by atoms with van der Waals surface area (Å²) in [6.07, 6.45) is 1.24. The molecule has 2 heterocycles. The first kappa shape index (κ1) is 10.2. The number of nitrogens with zero attached hydrogens (tertiary/aromatic N) is 4. The lowest BCUT2D eigenvalue weighted by Gasteiger charge is -2.14. The topological polar surface area (TPSA) is 87.0 Å². The molecular weight excluding hydrogens is 208 g/mol. The Morgan fingerprint density at radius 2 is 2.25 bits per heavy atom. The van der Waals surface area contributed by atoms with E-state index in [1.54, 1.807) is 6.92 Å². The van der Waals surface area contributed by atoms with E-state index in [1.807, 2.05) is 6.07 Å². The van der Waals surface area contributed by atoms with Crippen molar-refractivity contribution in [2.75, 3.05) is 11.4 Å². The average molecular weight is 216 g/mol. The van der Waals surface area contributed by atoms with Crippen LogP contribution in [0.5, 0.6) is 0 Å². The van der Waals surface area contributed by atoms with Gasteiger partial charge in [0.1, 0.15) is 17.5 Å². The van der Waals surface area contributed by atoms with Crippen LogP contribution < -0.4 is 4.90 Å². The zero-order chi connectivity index (χ0) is 11.7. The van der Waals surface area contributed by atoms with Gasteiger partial charge in [-0.3, -0.25) is 14.5 Å². The van der Waals surface area contributed by atoms with E-state index in [2.05, 4.69) is 9.97 Å². The number of rotatable bonds is 1. The molecule has 16 heavy (non-hydrogen) atoms. The highest BCUT2D eigenvalue weighted by atomic mass is 16.2. The first-order chi connectivity index (χ1) is 7.61. The summed E-state index contributed by atoms with van der Waals surface area (Å²) < 4.78 is 0. The number of anilines is 1. The first-order valence-electron chi connectivity index (χ1n) is 4.67. The maximum absolute atomic E-state index is 11.5. The third-order valence-corrected chi connectivity index (χ3v) is 2.25. The van der Waals surface area contributed by atoms with Crippen molar-refractivity contribution < 1.29 is 9.59 Å². The minimum atomic E-state index is -0.320. The summed E-state index contributed by atoms with van der Waals surface area (Å²) in [6.45, 7) is 1.65. The number of Topliss-reactive ketones (excluding diaryl/α,β-unsaturated/α-hetero) is 1. The van der Waals surface area contributed by atoms with Gasteiger partial charge < -0.3 is 0 Å². The molecule has 1 saturated heterocycles. The Labute approximate surface area is 91.5 Å². The van der Waals surface area contributed by atoms with E-state index in [9.17, 15) is 9.59 Å². The standard InChI is InChI=1S/C10H8N4O2/c1-6-12-4-7(3-11)10(13-6)14-5-8(15)2-9(14)16/h4H,2,5H2,1H3. The van der Waals surface area contributed by atoms with Crippen molar-refractivity contribution in [2.24, 2.45) is 0 Å². The summed E-state index contributed by atoms with van der Waals surface area (Å²) in [6, 6.07) is 1.90. The second kappa shape index (κ2) is 3.70. The third kappa shape index (κ3) is 1.63. The summed E-state index contributed by atoms with van der Waals surface area (Å²) in [4.78, 5) is 31.8. The van der Waals surface area contributed by atoms with E-state index < -0.39 is 0 Å². The fraction of sp³-hybridized carbons (Fsp3) is 0.300. The lowest BCUT2D eigenvalue weighted by atomic mass is 10.3. The second-order valence-electron chi connectivity index (χ2n) is 3.46. The highest BCUT2D eigenvalue weighted by molar-refractivity contribution is 6.15. The van der Waals surface area contributed by atoms with Crippen LogP contribution in [0.25, 0.3) is 0 Å². The van der Waals surface area contributed by atoms with Crippen LogP contribution in [0.2, 0.25) is 0 Å². The Balaban J connectivity index is 2.48. The van der Waals surface area contributed by atoms with Crippen LogP contribution in [-0.2, 0) is 9.59 Å². The summed E-state index contributed by atoms with van der Waals surface area (Å²) in [5.41, 5.74) is 0.202. The number of aromatic nitrogens is 2. The molecular formula is C10H8N4O2. The van der Waals surface area contributed by atoms with Crippen LogP contribution in [0.1, 0.15) is 17.8 Å². The van der Waals surface area contributed by atoms with Gasteiger partial charge in [-0.15, -0.1) is 0 Å². The van der Waals surface area contributed by atoms with E-state index in [0.717, 1.165) is 0 Å². The van der Waals surface area contributed by atoms with Crippen molar-refractivity contribution in [2.45, 2.75) is 13.3 Å². The molecule has 0 atom stereocenters. The van der Waals surface area contributed by atoms with Crippen molar-refractivity contribution in [3.05, 3.63) is 17.6 Å². The number of ketones is 1. The normalized spacial score (nSPS) is 15.4. The van der Waals surface area contributed by atoms with Gasteiger partial charge in [-0.1, -0.05) is 0 Å². The maximum Gasteiger partial charge on any atom is 0.236 e. The zero-order valence-corrected chi connectivity index (χ0v) is 8.60. The average Bonchev–Trinajstić information content (AvgIpc) is 2.57. The van der Waals surface area contributed by atoms with Gasteiger partial charge in [0.25, 0.3) is 0 Å². The molecule has 0 aromatic carbocycles. The first-order valence-corrected chi connectivity index (χ1v) is 4.67. The molecule has 6 nitrogen and oxygen atoms in total. The molecule has 1 fully saturated rings. The SMILES string of the molecule is Cc1ncc(C#N)c(N2CC(=O)CC2=O)n1. The predicted molar refractivity (Wildman–Crippen MR) is 53.5 cm³/mol. The van der Waals surface area contributed by atoms with Gasteiger partial charge in [0.2, 0.25) is 5.91 Å². The number of nitriles is 1. The molecule has 0 radical (unpaired) electrons. The van der Waals surface area contributed by atoms with Gasteiger partial charge in [0.15, 0.2) is 11.6 Å². The molecule has 1 amide bonds. The predicted octanol–water partition coefficient (Wildman–Crippen LogP) is -0.0375. The molecule has 2 rings (SSSR count). The van der Waals surface area contributed by atoms with Crippen LogP contribution >= 0.6 is 0 Å². The van der Waals surface area contributed by atoms with Crippen LogP contribution in [0.15, 0.2) is 6.20 Å². The molecule has 0 saturated carbocycles. The Hall–Kier alpha value is -2.29. The number of amides is 1. The van der Waals surface area contributed by atoms with Gasteiger partial charge in [-0.2, -0.15) is 5.26 Å². The van der Waals surface area contributed by atoms with Crippen molar-refractivity contribution in [1.29, 1.82) is 5.26 Å². The Morgan fingerprint density at radius 1 is 1.50 bits per heavy atom. The van der Waals surface area contributed by atoms with Crippen LogP contribution in [0.3, 0.4) is 0 Å². The Kier molecular flexibility index (Phi) is 2.37. The molecule has 1 aromatic rings. The van der Waals surface area contributed by atoms with Gasteiger partial charge >= 0.3 is 0 Å². The molecule has 0 aliphatic carbocycles. The van der Waals surface area contributed by atoms with Gasteiger partial charge in [-0.05, 0) is 6.92 Å². The summed E-state index contributed by atoms with van der Waals surface area (Å²) >= 11 is 0. The van der Waals surface area contributed by atoms with Crippen molar-refractivity contribution in [1.82, 2.24) is 9.97 Å². The number of carbonyl (C=O) groups is 2. The van der Waals surface area contributed by atoms with Crippen LogP contribution in [0.4, 0.5) is 5.82 Å². The molecule has 1 aliphatic heterocycles. The van der Waals surface area contributed by atoms with E-state index in [0.29, 0.717) is 5.82 Å². The monoisotopic (exact) mass is 216 g/mol. The fourth-order valence-corrected chi connectivity index (χ4v) is 1.52. The van der Waals surface area contributed by atoms with Crippen molar-refractivity contribution in [3.63, 3.8) is 0 Å². The van der Waals surface area contributed by atoms with Gasteiger partial charge in [-0.25, -0.2) is 9.97 Å². The highest BCUT2D eigenvalue weighted by Gasteiger charge is 2.31. The summed E-state index contributed by atoms with van der Waals surface area (Å²) in [5.74, 6) is 0.205. The van der Waals surface area contributed by atoms with Gasteiger partial charge in [0, 0.05) is 0 Å². The lowest BCUT2D eigenvalue weighted by Crippen LogP contribution is -2.27. The number of carbonyl (C=O) groups excluding carboxylic acids is 2. The third-order valence-electron chi connectivity index (χ3n) is 2.25. The number of hydrogen-bond acceptors (Lipinski definition) is 5. The van der Waals surface area contributed by atoms with Gasteiger partial charge in [0.05, 0.1) is 19.2 Å². The minimum absolute atomic E-state index is 0.00995. The molecule has 0 bridgehead atoms. The lowest BCUT2D eigenvalue weighted by molar-refractivity contribution is -0.121. The second-order valence-corrected chi connectivity index (χ2v) is 3.46. The minimum Gasteiger partial charge on any atom is -0.297 e. The van der Waals surface area contributed by atoms with Crippen molar-refractivity contribution in [3.8, 4) is 6.07 Å². The largest absolute Gasteiger partial charge is 0.297 e. The molecule has 80 valence electrons. The van der Waals surface area contributed by atoms with Crippen LogP contribution in [-0.4, -0.2) is 28.2 Å². The molecule has 0 N–H and O–H groups in total. The van der Waals surface area contributed by atoms with E-state index >= 15 is 0 Å². The van der Waals surface area contributed by atoms with E-state index in [4.69, 9.17) is 5.26 Å². The molecule has 1 aromatic heterocycles. The number of aryl methyl sites for hydroxylation is 1.